The molecular formula is C9H9N3. The van der Waals surface area contributed by atoms with Crippen molar-refractivity contribution in [2.24, 2.45) is 0 Å². The average molecular weight is 159 g/mol. The van der Waals surface area contributed by atoms with Crippen LogP contribution in [0.2, 0.25) is 0 Å². The van der Waals surface area contributed by atoms with Crippen molar-refractivity contribution in [2.45, 2.75) is 20.0 Å². The highest BCUT2D eigenvalue weighted by Crippen LogP contribution is 2.17. The largest absolute Gasteiger partial charge is 0.307 e. The predicted molar refractivity (Wildman–Crippen MR) is 44.2 cm³/mol. The molecule has 0 saturated carbocycles. The van der Waals surface area contributed by atoms with E-state index in [1.165, 1.54) is 11.1 Å². The molecule has 3 nitrogen and oxygen atoms in total. The minimum Gasteiger partial charge on any atom is -0.307 e. The normalized spacial score (nSPS) is 14.0. The van der Waals surface area contributed by atoms with Crippen LogP contribution in [0.4, 0.5) is 0 Å². The van der Waals surface area contributed by atoms with E-state index < -0.39 is 0 Å². The fourth-order valence-electron chi connectivity index (χ4n) is 1.52. The summed E-state index contributed by atoms with van der Waals surface area (Å²) >= 11 is 0. The Balaban J connectivity index is 2.60. The molecule has 12 heavy (non-hydrogen) atoms. The molecular weight excluding hydrogens is 150 g/mol. The summed E-state index contributed by atoms with van der Waals surface area (Å²) < 4.78 is 0. The molecule has 0 atom stereocenters. The van der Waals surface area contributed by atoms with Gasteiger partial charge in [0, 0.05) is 13.1 Å². The van der Waals surface area contributed by atoms with Gasteiger partial charge in [-0.05, 0) is 24.1 Å². The van der Waals surface area contributed by atoms with E-state index in [9.17, 15) is 0 Å². The minimum absolute atomic E-state index is 0.523. The van der Waals surface area contributed by atoms with Crippen molar-refractivity contribution in [3.63, 3.8) is 0 Å². The van der Waals surface area contributed by atoms with Crippen molar-refractivity contribution >= 4 is 0 Å². The van der Waals surface area contributed by atoms with E-state index in [4.69, 9.17) is 5.26 Å². The quantitative estimate of drug-likeness (QED) is 0.611. The van der Waals surface area contributed by atoms with Gasteiger partial charge in [-0.15, -0.1) is 0 Å². The lowest BCUT2D eigenvalue weighted by Gasteiger charge is -2.01. The summed E-state index contributed by atoms with van der Waals surface area (Å²) in [5.41, 5.74) is 3.98. The number of nitriles is 1. The molecule has 2 heterocycles. The molecule has 1 aliphatic heterocycles. The highest BCUT2D eigenvalue weighted by Gasteiger charge is 2.14. The molecule has 3 heteroatoms. The van der Waals surface area contributed by atoms with Gasteiger partial charge in [0.05, 0.1) is 5.69 Å². The number of hydrogen-bond donors (Lipinski definition) is 1. The number of hydrogen-bond acceptors (Lipinski definition) is 3. The van der Waals surface area contributed by atoms with Gasteiger partial charge in [-0.3, -0.25) is 0 Å². The number of nitrogens with one attached hydrogen (secondary N) is 1. The minimum atomic E-state index is 0.523. The van der Waals surface area contributed by atoms with Crippen LogP contribution in [0.1, 0.15) is 22.5 Å². The molecule has 0 aromatic carbocycles. The van der Waals surface area contributed by atoms with Gasteiger partial charge in [0.2, 0.25) is 0 Å². The number of aryl methyl sites for hydroxylation is 1. The first-order chi connectivity index (χ1) is 5.81. The van der Waals surface area contributed by atoms with E-state index in [0.29, 0.717) is 5.69 Å². The first-order valence-electron chi connectivity index (χ1n) is 3.91. The number of aromatic nitrogens is 1. The van der Waals surface area contributed by atoms with Gasteiger partial charge in [-0.1, -0.05) is 0 Å². The lowest BCUT2D eigenvalue weighted by atomic mass is 10.1. The van der Waals surface area contributed by atoms with Crippen LogP contribution in [0.5, 0.6) is 0 Å². The molecule has 1 N–H and O–H groups in total. The zero-order chi connectivity index (χ0) is 8.55. The SMILES string of the molecule is Cc1cc(C#N)nc2c1CNC2. The molecule has 0 unspecified atom stereocenters. The Labute approximate surface area is 71.0 Å². The molecule has 0 saturated heterocycles. The fraction of sp³-hybridized carbons (Fsp3) is 0.333. The second-order valence-corrected chi connectivity index (χ2v) is 2.96. The second kappa shape index (κ2) is 2.58. The smallest absolute Gasteiger partial charge is 0.141 e. The molecule has 1 aromatic rings. The van der Waals surface area contributed by atoms with Gasteiger partial charge in [0.25, 0.3) is 0 Å². The van der Waals surface area contributed by atoms with Crippen LogP contribution >= 0.6 is 0 Å². The first kappa shape index (κ1) is 7.26. The summed E-state index contributed by atoms with van der Waals surface area (Å²) in [6, 6.07) is 3.90. The highest BCUT2D eigenvalue weighted by molar-refractivity contribution is 5.37. The van der Waals surface area contributed by atoms with Gasteiger partial charge in [-0.2, -0.15) is 5.26 Å². The lowest BCUT2D eigenvalue weighted by Crippen LogP contribution is -2.00. The van der Waals surface area contributed by atoms with Crippen LogP contribution in [0.15, 0.2) is 6.07 Å². The average Bonchev–Trinajstić information content (AvgIpc) is 2.52. The summed E-state index contributed by atoms with van der Waals surface area (Å²) in [6.07, 6.45) is 0. The maximum Gasteiger partial charge on any atom is 0.141 e. The number of pyridine rings is 1. The molecule has 2 rings (SSSR count). The Morgan fingerprint density at radius 1 is 1.58 bits per heavy atom. The zero-order valence-corrected chi connectivity index (χ0v) is 6.89. The van der Waals surface area contributed by atoms with E-state index in [1.54, 1.807) is 0 Å². The van der Waals surface area contributed by atoms with E-state index in [1.807, 2.05) is 13.0 Å². The third-order valence-electron chi connectivity index (χ3n) is 2.14. The Bertz CT molecular complexity index is 363. The van der Waals surface area contributed by atoms with E-state index in [2.05, 4.69) is 16.4 Å². The van der Waals surface area contributed by atoms with Crippen molar-refractivity contribution in [2.75, 3.05) is 0 Å². The van der Waals surface area contributed by atoms with E-state index in [0.717, 1.165) is 18.8 Å². The van der Waals surface area contributed by atoms with Crippen LogP contribution in [0.25, 0.3) is 0 Å². The Hall–Kier alpha value is -1.40. The molecule has 1 aliphatic rings. The van der Waals surface area contributed by atoms with Crippen LogP contribution in [-0.4, -0.2) is 4.98 Å². The van der Waals surface area contributed by atoms with E-state index >= 15 is 0 Å². The number of nitrogens with zero attached hydrogens (tertiary/aromatic N) is 2. The topological polar surface area (TPSA) is 48.7 Å². The molecule has 60 valence electrons. The molecule has 0 fully saturated rings. The van der Waals surface area contributed by atoms with Gasteiger partial charge >= 0.3 is 0 Å². The first-order valence-corrected chi connectivity index (χ1v) is 3.91. The molecule has 0 radical (unpaired) electrons. The molecule has 0 spiro atoms. The summed E-state index contributed by atoms with van der Waals surface area (Å²) in [4.78, 5) is 4.21. The third kappa shape index (κ3) is 0.973. The van der Waals surface area contributed by atoms with Crippen LogP contribution in [-0.2, 0) is 13.1 Å². The summed E-state index contributed by atoms with van der Waals surface area (Å²) in [5, 5.41) is 11.9. The van der Waals surface area contributed by atoms with Crippen LogP contribution in [0.3, 0.4) is 0 Å². The van der Waals surface area contributed by atoms with Crippen LogP contribution < -0.4 is 5.32 Å². The van der Waals surface area contributed by atoms with E-state index in [-0.39, 0.29) is 0 Å². The third-order valence-corrected chi connectivity index (χ3v) is 2.14. The Kier molecular flexibility index (Phi) is 1.56. The second-order valence-electron chi connectivity index (χ2n) is 2.96. The maximum absolute atomic E-state index is 8.66. The monoisotopic (exact) mass is 159 g/mol. The van der Waals surface area contributed by atoms with Crippen molar-refractivity contribution in [1.82, 2.24) is 10.3 Å². The lowest BCUT2D eigenvalue weighted by molar-refractivity contribution is 0.756. The summed E-state index contributed by atoms with van der Waals surface area (Å²) in [5.74, 6) is 0. The van der Waals surface area contributed by atoms with Crippen molar-refractivity contribution in [1.29, 1.82) is 5.26 Å². The number of rotatable bonds is 0. The zero-order valence-electron chi connectivity index (χ0n) is 6.89. The predicted octanol–water partition coefficient (Wildman–Crippen LogP) is 0.865. The van der Waals surface area contributed by atoms with Gasteiger partial charge < -0.3 is 5.32 Å². The van der Waals surface area contributed by atoms with Crippen molar-refractivity contribution in [3.05, 3.63) is 28.6 Å². The van der Waals surface area contributed by atoms with Crippen molar-refractivity contribution in [3.8, 4) is 6.07 Å². The van der Waals surface area contributed by atoms with Crippen LogP contribution in [0, 0.1) is 18.3 Å². The molecule has 1 aromatic heterocycles. The summed E-state index contributed by atoms with van der Waals surface area (Å²) in [6.45, 7) is 3.71. The van der Waals surface area contributed by atoms with Gasteiger partial charge in [0.1, 0.15) is 11.8 Å². The maximum atomic E-state index is 8.66. The number of fused-ring (bicyclic) bond motifs is 1. The fourth-order valence-corrected chi connectivity index (χ4v) is 1.52. The van der Waals surface area contributed by atoms with Crippen molar-refractivity contribution < 1.29 is 0 Å². The highest BCUT2D eigenvalue weighted by atomic mass is 14.9. The standard InChI is InChI=1S/C9H9N3/c1-6-2-7(3-10)12-9-5-11-4-8(6)9/h2,11H,4-5H2,1H3. The molecule has 0 aliphatic carbocycles. The van der Waals surface area contributed by atoms with Gasteiger partial charge in [-0.25, -0.2) is 4.98 Å². The van der Waals surface area contributed by atoms with Gasteiger partial charge in [0.15, 0.2) is 0 Å². The Morgan fingerprint density at radius 2 is 2.42 bits per heavy atom. The molecule has 0 amide bonds. The summed E-state index contributed by atoms with van der Waals surface area (Å²) in [7, 11) is 0. The molecule has 0 bridgehead atoms. The Morgan fingerprint density at radius 3 is 3.17 bits per heavy atom.